The molecule has 0 radical (unpaired) electrons. The van der Waals surface area contributed by atoms with Crippen LogP contribution in [0.15, 0.2) is 12.3 Å². The van der Waals surface area contributed by atoms with E-state index in [4.69, 9.17) is 5.26 Å². The van der Waals surface area contributed by atoms with Gasteiger partial charge in [-0.1, -0.05) is 0 Å². The Hall–Kier alpha value is -2.20. The molecule has 0 bridgehead atoms. The third-order valence-corrected chi connectivity index (χ3v) is 3.60. The molecule has 1 fully saturated rings. The van der Waals surface area contributed by atoms with Crippen LogP contribution in [0.5, 0.6) is 0 Å². The SMILES string of the molecule is CN1CCC(CNc2ncc([N+](=O)[O-])cc2C#N)CC1. The first-order valence-corrected chi connectivity index (χ1v) is 6.57. The van der Waals surface area contributed by atoms with Crippen LogP contribution in [0.3, 0.4) is 0 Å². The van der Waals surface area contributed by atoms with Gasteiger partial charge in [-0.3, -0.25) is 10.1 Å². The van der Waals surface area contributed by atoms with Gasteiger partial charge in [-0.2, -0.15) is 5.26 Å². The first kappa shape index (κ1) is 14.2. The molecule has 0 saturated carbocycles. The summed E-state index contributed by atoms with van der Waals surface area (Å²) in [7, 11) is 2.11. The van der Waals surface area contributed by atoms with Crippen molar-refractivity contribution in [3.05, 3.63) is 27.9 Å². The minimum Gasteiger partial charge on any atom is -0.369 e. The van der Waals surface area contributed by atoms with E-state index < -0.39 is 4.92 Å². The third-order valence-electron chi connectivity index (χ3n) is 3.60. The van der Waals surface area contributed by atoms with Crippen LogP contribution >= 0.6 is 0 Å². The number of nitriles is 1. The molecule has 0 spiro atoms. The molecule has 0 atom stereocenters. The van der Waals surface area contributed by atoms with Crippen LogP contribution in [0.25, 0.3) is 0 Å². The number of nitrogens with one attached hydrogen (secondary N) is 1. The van der Waals surface area contributed by atoms with Gasteiger partial charge in [0.25, 0.3) is 5.69 Å². The maximum atomic E-state index is 10.6. The Labute approximate surface area is 117 Å². The van der Waals surface area contributed by atoms with Crippen molar-refractivity contribution in [2.24, 2.45) is 5.92 Å². The highest BCUT2D eigenvalue weighted by Crippen LogP contribution is 2.20. The highest BCUT2D eigenvalue weighted by atomic mass is 16.6. The van der Waals surface area contributed by atoms with Crippen LogP contribution in [-0.2, 0) is 0 Å². The second kappa shape index (κ2) is 6.30. The van der Waals surface area contributed by atoms with Crippen molar-refractivity contribution in [3.8, 4) is 6.07 Å². The summed E-state index contributed by atoms with van der Waals surface area (Å²) in [6.07, 6.45) is 3.40. The second-order valence-corrected chi connectivity index (χ2v) is 5.09. The Morgan fingerprint density at radius 2 is 2.30 bits per heavy atom. The van der Waals surface area contributed by atoms with Crippen molar-refractivity contribution in [2.75, 3.05) is 32.0 Å². The van der Waals surface area contributed by atoms with E-state index in [9.17, 15) is 10.1 Å². The highest BCUT2D eigenvalue weighted by Gasteiger charge is 2.18. The van der Waals surface area contributed by atoms with E-state index in [1.807, 2.05) is 6.07 Å². The predicted molar refractivity (Wildman–Crippen MR) is 74.3 cm³/mol. The van der Waals surface area contributed by atoms with Crippen molar-refractivity contribution in [1.29, 1.82) is 5.26 Å². The van der Waals surface area contributed by atoms with Crippen LogP contribution in [0.1, 0.15) is 18.4 Å². The smallest absolute Gasteiger partial charge is 0.289 e. The summed E-state index contributed by atoms with van der Waals surface area (Å²) >= 11 is 0. The van der Waals surface area contributed by atoms with Gasteiger partial charge in [0, 0.05) is 12.6 Å². The van der Waals surface area contributed by atoms with Crippen molar-refractivity contribution >= 4 is 11.5 Å². The first-order chi connectivity index (χ1) is 9.60. The van der Waals surface area contributed by atoms with Crippen LogP contribution in [-0.4, -0.2) is 41.5 Å². The summed E-state index contributed by atoms with van der Waals surface area (Å²) in [5.74, 6) is 0.978. The molecule has 0 aliphatic carbocycles. The van der Waals surface area contributed by atoms with E-state index in [1.54, 1.807) is 0 Å². The van der Waals surface area contributed by atoms with Gasteiger partial charge < -0.3 is 10.2 Å². The number of hydrogen-bond acceptors (Lipinski definition) is 6. The Kier molecular flexibility index (Phi) is 4.48. The Bertz CT molecular complexity index is 532. The number of rotatable bonds is 4. The monoisotopic (exact) mass is 275 g/mol. The summed E-state index contributed by atoms with van der Waals surface area (Å²) in [4.78, 5) is 16.4. The average molecular weight is 275 g/mol. The van der Waals surface area contributed by atoms with E-state index in [0.29, 0.717) is 11.7 Å². The normalized spacial score (nSPS) is 16.6. The van der Waals surface area contributed by atoms with Crippen molar-refractivity contribution < 1.29 is 4.92 Å². The predicted octanol–water partition coefficient (Wildman–Crippen LogP) is 1.62. The quantitative estimate of drug-likeness (QED) is 0.662. The van der Waals surface area contributed by atoms with E-state index in [-0.39, 0.29) is 11.3 Å². The summed E-state index contributed by atoms with van der Waals surface area (Å²) in [6, 6.07) is 3.20. The number of likely N-dealkylation sites (tertiary alicyclic amines) is 1. The zero-order valence-electron chi connectivity index (χ0n) is 11.4. The largest absolute Gasteiger partial charge is 0.369 e. The van der Waals surface area contributed by atoms with E-state index >= 15 is 0 Å². The van der Waals surface area contributed by atoms with Gasteiger partial charge in [-0.25, -0.2) is 4.98 Å². The van der Waals surface area contributed by atoms with Gasteiger partial charge >= 0.3 is 0 Å². The van der Waals surface area contributed by atoms with Crippen LogP contribution in [0.4, 0.5) is 11.5 Å². The topological polar surface area (TPSA) is 95.1 Å². The van der Waals surface area contributed by atoms with Crippen LogP contribution < -0.4 is 5.32 Å². The molecule has 20 heavy (non-hydrogen) atoms. The molecule has 7 nitrogen and oxygen atoms in total. The third kappa shape index (κ3) is 3.42. The number of piperidine rings is 1. The zero-order valence-corrected chi connectivity index (χ0v) is 11.4. The molecule has 1 aliphatic rings. The van der Waals surface area contributed by atoms with Gasteiger partial charge in [-0.05, 0) is 38.9 Å². The lowest BCUT2D eigenvalue weighted by molar-refractivity contribution is -0.385. The highest BCUT2D eigenvalue weighted by molar-refractivity contribution is 5.55. The Morgan fingerprint density at radius 3 is 2.90 bits per heavy atom. The number of nitrogens with zero attached hydrogens (tertiary/aromatic N) is 4. The minimum atomic E-state index is -0.547. The molecule has 1 N–H and O–H groups in total. The minimum absolute atomic E-state index is 0.161. The lowest BCUT2D eigenvalue weighted by Gasteiger charge is -2.29. The van der Waals surface area contributed by atoms with Crippen molar-refractivity contribution in [1.82, 2.24) is 9.88 Å². The standard InChI is InChI=1S/C13H17N5O2/c1-17-4-2-10(3-5-17)8-15-13-11(7-14)6-12(9-16-13)18(19)20/h6,9-10H,2-5,8H2,1H3,(H,15,16). The van der Waals surface area contributed by atoms with Gasteiger partial charge in [0.15, 0.2) is 0 Å². The lowest BCUT2D eigenvalue weighted by atomic mass is 9.97. The fourth-order valence-corrected chi connectivity index (χ4v) is 2.29. The van der Waals surface area contributed by atoms with E-state index in [0.717, 1.165) is 32.5 Å². The fourth-order valence-electron chi connectivity index (χ4n) is 2.29. The number of nitro groups is 1. The van der Waals surface area contributed by atoms with E-state index in [2.05, 4.69) is 22.2 Å². The molecule has 1 aromatic heterocycles. The number of pyridine rings is 1. The summed E-state index contributed by atoms with van der Waals surface area (Å²) in [5, 5.41) is 22.8. The van der Waals surface area contributed by atoms with Gasteiger partial charge in [0.1, 0.15) is 23.6 Å². The molecule has 1 aromatic rings. The Morgan fingerprint density at radius 1 is 1.60 bits per heavy atom. The Balaban J connectivity index is 1.99. The molecule has 0 unspecified atom stereocenters. The summed E-state index contributed by atoms with van der Waals surface area (Å²) in [6.45, 7) is 2.89. The molecule has 106 valence electrons. The average Bonchev–Trinajstić information content (AvgIpc) is 2.46. The molecular weight excluding hydrogens is 258 g/mol. The lowest BCUT2D eigenvalue weighted by Crippen LogP contribution is -2.33. The number of anilines is 1. The molecule has 1 saturated heterocycles. The van der Waals surface area contributed by atoms with Gasteiger partial charge in [-0.15, -0.1) is 0 Å². The molecular formula is C13H17N5O2. The first-order valence-electron chi connectivity index (χ1n) is 6.57. The van der Waals surface area contributed by atoms with Crippen LogP contribution in [0.2, 0.25) is 0 Å². The van der Waals surface area contributed by atoms with Crippen molar-refractivity contribution in [2.45, 2.75) is 12.8 Å². The molecule has 2 heterocycles. The molecule has 7 heteroatoms. The molecule has 1 aliphatic heterocycles. The number of aromatic nitrogens is 1. The molecule has 0 aromatic carbocycles. The van der Waals surface area contributed by atoms with E-state index in [1.165, 1.54) is 12.3 Å². The van der Waals surface area contributed by atoms with Gasteiger partial charge in [0.2, 0.25) is 0 Å². The van der Waals surface area contributed by atoms with Crippen molar-refractivity contribution in [3.63, 3.8) is 0 Å². The number of hydrogen-bond donors (Lipinski definition) is 1. The zero-order chi connectivity index (χ0) is 14.5. The fraction of sp³-hybridized carbons (Fsp3) is 0.538. The molecule has 2 rings (SSSR count). The second-order valence-electron chi connectivity index (χ2n) is 5.09. The van der Waals surface area contributed by atoms with Gasteiger partial charge in [0.05, 0.1) is 4.92 Å². The molecule has 0 amide bonds. The maximum absolute atomic E-state index is 10.6. The summed E-state index contributed by atoms with van der Waals surface area (Å²) in [5.41, 5.74) is 0.0542. The maximum Gasteiger partial charge on any atom is 0.289 e. The summed E-state index contributed by atoms with van der Waals surface area (Å²) < 4.78 is 0. The van der Waals surface area contributed by atoms with Crippen LogP contribution in [0, 0.1) is 27.4 Å².